The summed E-state index contributed by atoms with van der Waals surface area (Å²) in [5, 5.41) is 4.16. The SMILES string of the molecule is CC[C@H]1CCCCC1Nc1nc(-c2c[nH]c3ncncc23)ncc1F. The predicted molar refractivity (Wildman–Crippen MR) is 94.5 cm³/mol. The van der Waals surface area contributed by atoms with Gasteiger partial charge >= 0.3 is 0 Å². The summed E-state index contributed by atoms with van der Waals surface area (Å²) in [6.07, 6.45) is 12.0. The molecule has 4 rings (SSSR count). The molecule has 0 spiro atoms. The highest BCUT2D eigenvalue weighted by Crippen LogP contribution is 2.31. The lowest BCUT2D eigenvalue weighted by molar-refractivity contribution is 0.316. The van der Waals surface area contributed by atoms with Crippen LogP contribution in [0.3, 0.4) is 0 Å². The van der Waals surface area contributed by atoms with E-state index >= 15 is 0 Å². The molecule has 1 aliphatic carbocycles. The largest absolute Gasteiger partial charge is 0.365 e. The number of nitrogens with one attached hydrogen (secondary N) is 2. The molecule has 7 heteroatoms. The highest BCUT2D eigenvalue weighted by molar-refractivity contribution is 5.90. The summed E-state index contributed by atoms with van der Waals surface area (Å²) in [5.41, 5.74) is 1.49. The zero-order valence-corrected chi connectivity index (χ0v) is 14.2. The van der Waals surface area contributed by atoms with Crippen molar-refractivity contribution in [3.8, 4) is 11.4 Å². The Bertz CT molecular complexity index is 877. The van der Waals surface area contributed by atoms with Crippen LogP contribution in [0.1, 0.15) is 39.0 Å². The molecule has 0 aliphatic heterocycles. The average molecular weight is 340 g/mol. The Morgan fingerprint density at radius 1 is 1.24 bits per heavy atom. The molecular formula is C18H21FN6. The van der Waals surface area contributed by atoms with Crippen molar-refractivity contribution in [1.82, 2.24) is 24.9 Å². The molecule has 3 aromatic heterocycles. The number of nitrogens with zero attached hydrogens (tertiary/aromatic N) is 4. The van der Waals surface area contributed by atoms with Gasteiger partial charge in [-0.15, -0.1) is 0 Å². The molecule has 1 unspecified atom stereocenters. The monoisotopic (exact) mass is 340 g/mol. The van der Waals surface area contributed by atoms with Gasteiger partial charge in [-0.1, -0.05) is 26.2 Å². The van der Waals surface area contributed by atoms with E-state index in [-0.39, 0.29) is 11.9 Å². The standard InChI is InChI=1S/C18H21FN6/c1-2-11-5-3-4-6-15(11)24-18-14(19)9-22-17(25-18)13-8-21-16-12(13)7-20-10-23-16/h7-11,15H,2-6H2,1H3,(H,20,21,23)(H,22,24,25)/t11-,15?/m0/s1. The first kappa shape index (κ1) is 15.9. The molecule has 130 valence electrons. The van der Waals surface area contributed by atoms with Gasteiger partial charge in [0, 0.05) is 29.4 Å². The summed E-state index contributed by atoms with van der Waals surface area (Å²) in [4.78, 5) is 19.9. The minimum Gasteiger partial charge on any atom is -0.365 e. The first-order chi connectivity index (χ1) is 12.3. The summed E-state index contributed by atoms with van der Waals surface area (Å²) >= 11 is 0. The van der Waals surface area contributed by atoms with Crippen LogP contribution in [0.25, 0.3) is 22.4 Å². The molecular weight excluding hydrogens is 319 g/mol. The third-order valence-electron chi connectivity index (χ3n) is 5.10. The van der Waals surface area contributed by atoms with E-state index in [4.69, 9.17) is 0 Å². The van der Waals surface area contributed by atoms with Crippen LogP contribution < -0.4 is 5.32 Å². The lowest BCUT2D eigenvalue weighted by Crippen LogP contribution is -2.32. The number of fused-ring (bicyclic) bond motifs is 1. The normalized spacial score (nSPS) is 20.7. The summed E-state index contributed by atoms with van der Waals surface area (Å²) in [7, 11) is 0. The van der Waals surface area contributed by atoms with Crippen molar-refractivity contribution in [2.24, 2.45) is 5.92 Å². The lowest BCUT2D eigenvalue weighted by Gasteiger charge is -2.32. The number of aromatic nitrogens is 5. The summed E-state index contributed by atoms with van der Waals surface area (Å²) in [6.45, 7) is 2.19. The first-order valence-corrected chi connectivity index (χ1v) is 8.82. The molecule has 0 amide bonds. The number of anilines is 1. The minimum atomic E-state index is -0.416. The summed E-state index contributed by atoms with van der Waals surface area (Å²) in [6, 6.07) is 0.266. The topological polar surface area (TPSA) is 79.4 Å². The Morgan fingerprint density at radius 3 is 3.00 bits per heavy atom. The van der Waals surface area contributed by atoms with E-state index in [9.17, 15) is 4.39 Å². The van der Waals surface area contributed by atoms with Gasteiger partial charge in [0.25, 0.3) is 0 Å². The third kappa shape index (κ3) is 3.06. The summed E-state index contributed by atoms with van der Waals surface area (Å²) < 4.78 is 14.3. The van der Waals surface area contributed by atoms with Crippen molar-refractivity contribution in [2.75, 3.05) is 5.32 Å². The van der Waals surface area contributed by atoms with Crippen molar-refractivity contribution in [2.45, 2.75) is 45.1 Å². The molecule has 0 aromatic carbocycles. The third-order valence-corrected chi connectivity index (χ3v) is 5.10. The highest BCUT2D eigenvalue weighted by atomic mass is 19.1. The number of H-pyrrole nitrogens is 1. The van der Waals surface area contributed by atoms with E-state index in [0.717, 1.165) is 23.8 Å². The molecule has 1 fully saturated rings. The van der Waals surface area contributed by atoms with Crippen LogP contribution in [-0.4, -0.2) is 31.0 Å². The molecule has 3 heterocycles. The van der Waals surface area contributed by atoms with Gasteiger partial charge in [-0.2, -0.15) is 0 Å². The second-order valence-corrected chi connectivity index (χ2v) is 6.58. The second kappa shape index (κ2) is 6.74. The highest BCUT2D eigenvalue weighted by Gasteiger charge is 2.25. The number of halogens is 1. The fraction of sp³-hybridized carbons (Fsp3) is 0.444. The van der Waals surface area contributed by atoms with Gasteiger partial charge in [-0.05, 0) is 18.8 Å². The predicted octanol–water partition coefficient (Wildman–Crippen LogP) is 3.93. The van der Waals surface area contributed by atoms with Gasteiger partial charge in [0.15, 0.2) is 17.5 Å². The van der Waals surface area contributed by atoms with Crippen LogP contribution in [0.15, 0.2) is 24.9 Å². The Hall–Kier alpha value is -2.57. The average Bonchev–Trinajstić information content (AvgIpc) is 3.08. The molecule has 1 aliphatic rings. The molecule has 25 heavy (non-hydrogen) atoms. The van der Waals surface area contributed by atoms with Crippen molar-refractivity contribution in [1.29, 1.82) is 0 Å². The molecule has 0 saturated heterocycles. The number of hydrogen-bond acceptors (Lipinski definition) is 5. The molecule has 0 radical (unpaired) electrons. The molecule has 6 nitrogen and oxygen atoms in total. The zero-order valence-electron chi connectivity index (χ0n) is 14.2. The maximum atomic E-state index is 14.3. The molecule has 3 aromatic rings. The van der Waals surface area contributed by atoms with Gasteiger partial charge in [0.05, 0.1) is 6.20 Å². The van der Waals surface area contributed by atoms with Gasteiger partial charge in [0.1, 0.15) is 12.0 Å². The Morgan fingerprint density at radius 2 is 2.12 bits per heavy atom. The number of aromatic amines is 1. The van der Waals surface area contributed by atoms with Crippen molar-refractivity contribution in [3.05, 3.63) is 30.7 Å². The van der Waals surface area contributed by atoms with Crippen LogP contribution in [0, 0.1) is 11.7 Å². The smallest absolute Gasteiger partial charge is 0.183 e. The van der Waals surface area contributed by atoms with E-state index in [1.807, 2.05) is 0 Å². The Kier molecular flexibility index (Phi) is 4.29. The van der Waals surface area contributed by atoms with E-state index in [1.54, 1.807) is 12.4 Å². The maximum Gasteiger partial charge on any atom is 0.183 e. The van der Waals surface area contributed by atoms with Crippen molar-refractivity contribution in [3.63, 3.8) is 0 Å². The molecule has 2 N–H and O–H groups in total. The number of rotatable bonds is 4. The Labute approximate surface area is 145 Å². The fourth-order valence-electron chi connectivity index (χ4n) is 3.71. The first-order valence-electron chi connectivity index (χ1n) is 8.82. The Balaban J connectivity index is 1.67. The molecule has 0 bridgehead atoms. The quantitative estimate of drug-likeness (QED) is 0.752. The number of hydrogen-bond donors (Lipinski definition) is 2. The van der Waals surface area contributed by atoms with Crippen LogP contribution in [-0.2, 0) is 0 Å². The van der Waals surface area contributed by atoms with Crippen molar-refractivity contribution < 1.29 is 4.39 Å². The van der Waals surface area contributed by atoms with Gasteiger partial charge in [-0.3, -0.25) is 0 Å². The van der Waals surface area contributed by atoms with Crippen LogP contribution >= 0.6 is 0 Å². The van der Waals surface area contributed by atoms with E-state index in [0.29, 0.717) is 17.4 Å². The lowest BCUT2D eigenvalue weighted by atomic mass is 9.83. The van der Waals surface area contributed by atoms with Crippen LogP contribution in [0.2, 0.25) is 0 Å². The van der Waals surface area contributed by atoms with Gasteiger partial charge < -0.3 is 10.3 Å². The van der Waals surface area contributed by atoms with E-state index in [2.05, 4.69) is 37.2 Å². The zero-order chi connectivity index (χ0) is 17.2. The van der Waals surface area contributed by atoms with Gasteiger partial charge in [0.2, 0.25) is 0 Å². The van der Waals surface area contributed by atoms with E-state index in [1.165, 1.54) is 31.8 Å². The summed E-state index contributed by atoms with van der Waals surface area (Å²) in [5.74, 6) is 0.892. The van der Waals surface area contributed by atoms with Crippen LogP contribution in [0.5, 0.6) is 0 Å². The maximum absolute atomic E-state index is 14.3. The van der Waals surface area contributed by atoms with Crippen LogP contribution in [0.4, 0.5) is 10.2 Å². The van der Waals surface area contributed by atoms with E-state index < -0.39 is 5.82 Å². The fourth-order valence-corrected chi connectivity index (χ4v) is 3.71. The van der Waals surface area contributed by atoms with Gasteiger partial charge in [-0.25, -0.2) is 24.3 Å². The minimum absolute atomic E-state index is 0.266. The second-order valence-electron chi connectivity index (χ2n) is 6.58. The molecule has 1 saturated carbocycles. The van der Waals surface area contributed by atoms with Crippen molar-refractivity contribution >= 4 is 16.9 Å². The molecule has 2 atom stereocenters.